The third kappa shape index (κ3) is 4.24. The summed E-state index contributed by atoms with van der Waals surface area (Å²) < 4.78 is 0. The number of carbonyl (C=O) groups excluding carboxylic acids is 1. The van der Waals surface area contributed by atoms with E-state index in [0.717, 1.165) is 4.90 Å². The molecule has 1 aromatic rings. The van der Waals surface area contributed by atoms with Crippen LogP contribution in [0.2, 0.25) is 0 Å². The number of amides is 1. The Kier molecular flexibility index (Phi) is 5.35. The molecular weight excluding hydrogens is 222 g/mol. The minimum absolute atomic E-state index is 0.0113. The smallest absolute Gasteiger partial charge is 0.232 e. The number of carbonyl (C=O) groups is 1. The van der Waals surface area contributed by atoms with Crippen molar-refractivity contribution >= 4 is 17.7 Å². The van der Waals surface area contributed by atoms with Crippen molar-refractivity contribution in [2.45, 2.75) is 11.8 Å². The molecule has 88 valence electrons. The maximum atomic E-state index is 11.6. The second-order valence-corrected chi connectivity index (χ2v) is 4.69. The van der Waals surface area contributed by atoms with Crippen LogP contribution in [0.3, 0.4) is 0 Å². The predicted molar refractivity (Wildman–Crippen MR) is 66.6 cm³/mol. The quantitative estimate of drug-likeness (QED) is 0.792. The van der Waals surface area contributed by atoms with Gasteiger partial charge in [0.1, 0.15) is 0 Å². The lowest BCUT2D eigenvalue weighted by atomic mass is 10.2. The Morgan fingerprint density at radius 2 is 2.00 bits per heavy atom. The van der Waals surface area contributed by atoms with E-state index in [1.807, 2.05) is 31.2 Å². The molecule has 1 aromatic carbocycles. The molecule has 3 nitrogen and oxygen atoms in total. The summed E-state index contributed by atoms with van der Waals surface area (Å²) in [5.41, 5.74) is 1.22. The zero-order valence-corrected chi connectivity index (χ0v) is 10.5. The third-order valence-electron chi connectivity index (χ3n) is 2.24. The molecule has 4 heteroatoms. The Morgan fingerprint density at radius 1 is 1.38 bits per heavy atom. The number of hydrogen-bond acceptors (Lipinski definition) is 3. The highest BCUT2D eigenvalue weighted by Crippen LogP contribution is 2.18. The fourth-order valence-electron chi connectivity index (χ4n) is 1.16. The molecule has 0 saturated carbocycles. The first-order valence-electron chi connectivity index (χ1n) is 5.18. The number of nitrogens with zero attached hydrogens (tertiary/aromatic N) is 1. The summed E-state index contributed by atoms with van der Waals surface area (Å²) in [6.45, 7) is 2.44. The summed E-state index contributed by atoms with van der Waals surface area (Å²) in [5.74, 6) is 0.458. The van der Waals surface area contributed by atoms with Gasteiger partial charge in [0, 0.05) is 18.5 Å². The number of aliphatic hydroxyl groups is 1. The molecule has 0 aliphatic heterocycles. The van der Waals surface area contributed by atoms with Crippen LogP contribution in [0.1, 0.15) is 5.56 Å². The van der Waals surface area contributed by atoms with Gasteiger partial charge in [-0.3, -0.25) is 4.79 Å². The molecule has 16 heavy (non-hydrogen) atoms. The third-order valence-corrected chi connectivity index (χ3v) is 3.24. The van der Waals surface area contributed by atoms with Crippen LogP contribution >= 0.6 is 11.8 Å². The van der Waals surface area contributed by atoms with E-state index in [2.05, 4.69) is 0 Å². The molecule has 0 unspecified atom stereocenters. The summed E-state index contributed by atoms with van der Waals surface area (Å²) in [6, 6.07) is 8.09. The molecule has 0 heterocycles. The predicted octanol–water partition coefficient (Wildman–Crippen LogP) is 1.54. The van der Waals surface area contributed by atoms with Crippen LogP contribution in [0.4, 0.5) is 0 Å². The highest BCUT2D eigenvalue weighted by Gasteiger charge is 2.07. The van der Waals surface area contributed by atoms with Gasteiger partial charge in [-0.25, -0.2) is 0 Å². The minimum Gasteiger partial charge on any atom is -0.395 e. The Bertz CT molecular complexity index is 337. The zero-order chi connectivity index (χ0) is 12.0. The van der Waals surface area contributed by atoms with Crippen LogP contribution in [0, 0.1) is 6.92 Å². The first-order valence-corrected chi connectivity index (χ1v) is 6.16. The first-order chi connectivity index (χ1) is 7.63. The number of benzene rings is 1. The van der Waals surface area contributed by atoms with Crippen LogP contribution in [0.25, 0.3) is 0 Å². The number of rotatable bonds is 5. The van der Waals surface area contributed by atoms with E-state index >= 15 is 0 Å². The van der Waals surface area contributed by atoms with Crippen molar-refractivity contribution < 1.29 is 9.90 Å². The Balaban J connectivity index is 2.39. The minimum atomic E-state index is 0.0113. The van der Waals surface area contributed by atoms with Crippen molar-refractivity contribution in [3.8, 4) is 0 Å². The van der Waals surface area contributed by atoms with E-state index in [1.54, 1.807) is 11.9 Å². The molecule has 0 spiro atoms. The summed E-state index contributed by atoms with van der Waals surface area (Å²) in [5, 5.41) is 8.70. The van der Waals surface area contributed by atoms with Gasteiger partial charge in [0.2, 0.25) is 5.91 Å². The van der Waals surface area contributed by atoms with Crippen molar-refractivity contribution in [3.63, 3.8) is 0 Å². The van der Waals surface area contributed by atoms with Gasteiger partial charge in [-0.2, -0.15) is 0 Å². The lowest BCUT2D eigenvalue weighted by molar-refractivity contribution is -0.127. The first kappa shape index (κ1) is 13.1. The molecule has 0 aromatic heterocycles. The maximum absolute atomic E-state index is 11.6. The molecule has 0 bridgehead atoms. The molecule has 1 amide bonds. The van der Waals surface area contributed by atoms with Crippen molar-refractivity contribution in [1.82, 2.24) is 4.90 Å². The van der Waals surface area contributed by atoms with E-state index in [4.69, 9.17) is 5.11 Å². The second-order valence-electron chi connectivity index (χ2n) is 3.64. The number of aliphatic hydroxyl groups excluding tert-OH is 1. The van der Waals surface area contributed by atoms with Gasteiger partial charge < -0.3 is 10.0 Å². The van der Waals surface area contributed by atoms with Gasteiger partial charge in [0.05, 0.1) is 12.4 Å². The van der Waals surface area contributed by atoms with E-state index < -0.39 is 0 Å². The molecule has 0 saturated heterocycles. The van der Waals surface area contributed by atoms with E-state index in [0.29, 0.717) is 12.3 Å². The molecule has 0 atom stereocenters. The molecular formula is C12H17NO2S. The van der Waals surface area contributed by atoms with E-state index in [-0.39, 0.29) is 12.5 Å². The maximum Gasteiger partial charge on any atom is 0.232 e. The van der Waals surface area contributed by atoms with Gasteiger partial charge >= 0.3 is 0 Å². The Labute approximate surface area is 100 Å². The lowest BCUT2D eigenvalue weighted by Gasteiger charge is -2.15. The molecule has 1 rings (SSSR count). The van der Waals surface area contributed by atoms with E-state index in [9.17, 15) is 4.79 Å². The van der Waals surface area contributed by atoms with Crippen LogP contribution in [-0.2, 0) is 4.79 Å². The summed E-state index contributed by atoms with van der Waals surface area (Å²) in [7, 11) is 1.70. The lowest BCUT2D eigenvalue weighted by Crippen LogP contribution is -2.30. The van der Waals surface area contributed by atoms with Gasteiger partial charge in [-0.1, -0.05) is 17.7 Å². The van der Waals surface area contributed by atoms with Gasteiger partial charge in [0.15, 0.2) is 0 Å². The fraction of sp³-hybridized carbons (Fsp3) is 0.417. The SMILES string of the molecule is Cc1ccc(SCC(=O)N(C)CCO)cc1. The summed E-state index contributed by atoms with van der Waals surface area (Å²) >= 11 is 1.52. The van der Waals surface area contributed by atoms with E-state index in [1.165, 1.54) is 17.3 Å². The summed E-state index contributed by atoms with van der Waals surface area (Å²) in [4.78, 5) is 14.2. The highest BCUT2D eigenvalue weighted by molar-refractivity contribution is 8.00. The van der Waals surface area contributed by atoms with Crippen LogP contribution < -0.4 is 0 Å². The van der Waals surface area contributed by atoms with Crippen LogP contribution in [0.5, 0.6) is 0 Å². The number of hydrogen-bond donors (Lipinski definition) is 1. The standard InChI is InChI=1S/C12H17NO2S/c1-10-3-5-11(6-4-10)16-9-12(15)13(2)7-8-14/h3-6,14H,7-9H2,1-2H3. The highest BCUT2D eigenvalue weighted by atomic mass is 32.2. The van der Waals surface area contributed by atoms with Crippen molar-refractivity contribution in [2.24, 2.45) is 0 Å². The normalized spacial score (nSPS) is 10.2. The van der Waals surface area contributed by atoms with Crippen LogP contribution in [0.15, 0.2) is 29.2 Å². The number of aryl methyl sites for hydroxylation is 1. The van der Waals surface area contributed by atoms with Crippen molar-refractivity contribution in [3.05, 3.63) is 29.8 Å². The zero-order valence-electron chi connectivity index (χ0n) is 9.64. The van der Waals surface area contributed by atoms with Crippen molar-refractivity contribution in [1.29, 1.82) is 0 Å². The molecule has 0 aliphatic carbocycles. The van der Waals surface area contributed by atoms with Gasteiger partial charge in [-0.05, 0) is 19.1 Å². The molecule has 0 radical (unpaired) electrons. The monoisotopic (exact) mass is 239 g/mol. The number of likely N-dealkylation sites (N-methyl/N-ethyl adjacent to an activating group) is 1. The molecule has 0 fully saturated rings. The second kappa shape index (κ2) is 6.55. The van der Waals surface area contributed by atoms with Gasteiger partial charge in [-0.15, -0.1) is 11.8 Å². The molecule has 0 aliphatic rings. The summed E-state index contributed by atoms with van der Waals surface area (Å²) in [6.07, 6.45) is 0. The largest absolute Gasteiger partial charge is 0.395 e. The fourth-order valence-corrected chi connectivity index (χ4v) is 2.00. The number of thioether (sulfide) groups is 1. The van der Waals surface area contributed by atoms with Crippen molar-refractivity contribution in [2.75, 3.05) is 26.0 Å². The Hall–Kier alpha value is -1.00. The Morgan fingerprint density at radius 3 is 2.56 bits per heavy atom. The average molecular weight is 239 g/mol. The van der Waals surface area contributed by atoms with Gasteiger partial charge in [0.25, 0.3) is 0 Å². The topological polar surface area (TPSA) is 40.5 Å². The molecule has 1 N–H and O–H groups in total. The average Bonchev–Trinajstić information content (AvgIpc) is 2.28. The van der Waals surface area contributed by atoms with Crippen LogP contribution in [-0.4, -0.2) is 41.9 Å².